The number of nitrogens with zero attached hydrogens (tertiary/aromatic N) is 2. The van der Waals surface area contributed by atoms with Crippen LogP contribution < -0.4 is 15.2 Å². The number of hydrogen-bond donors (Lipinski definition) is 1. The molecule has 2 heterocycles. The van der Waals surface area contributed by atoms with E-state index in [0.717, 1.165) is 40.7 Å². The molecule has 3 rings (SSSR count). The lowest BCUT2D eigenvalue weighted by atomic mass is 10.1. The standard InChI is InChI=1S/C15H19N3O2S/c1-18-15(16)8-12(17-18)10-3-4-13(19-2)14(7-10)20-11-5-6-21-9-11/h3-4,7-8,11H,5-6,9,16H2,1-2H3. The molecule has 1 unspecified atom stereocenters. The molecule has 1 saturated heterocycles. The smallest absolute Gasteiger partial charge is 0.162 e. The molecule has 6 heteroatoms. The topological polar surface area (TPSA) is 62.3 Å². The summed E-state index contributed by atoms with van der Waals surface area (Å²) in [5.74, 6) is 4.34. The summed E-state index contributed by atoms with van der Waals surface area (Å²) in [6.45, 7) is 0. The van der Waals surface area contributed by atoms with E-state index in [-0.39, 0.29) is 6.10 Å². The SMILES string of the molecule is COc1ccc(-c2cc(N)n(C)n2)cc1OC1CCSC1. The van der Waals surface area contributed by atoms with Gasteiger partial charge in [-0.05, 0) is 30.4 Å². The summed E-state index contributed by atoms with van der Waals surface area (Å²) >= 11 is 1.92. The van der Waals surface area contributed by atoms with Crippen molar-refractivity contribution in [2.24, 2.45) is 7.05 Å². The molecule has 2 N–H and O–H groups in total. The zero-order chi connectivity index (χ0) is 14.8. The highest BCUT2D eigenvalue weighted by molar-refractivity contribution is 7.99. The molecule has 1 fully saturated rings. The van der Waals surface area contributed by atoms with Crippen LogP contribution in [0.15, 0.2) is 24.3 Å². The fourth-order valence-electron chi connectivity index (χ4n) is 2.34. The molecule has 0 amide bonds. The van der Waals surface area contributed by atoms with Crippen molar-refractivity contribution in [1.82, 2.24) is 9.78 Å². The fraction of sp³-hybridized carbons (Fsp3) is 0.400. The summed E-state index contributed by atoms with van der Waals surface area (Å²) in [5, 5.41) is 4.40. The summed E-state index contributed by atoms with van der Waals surface area (Å²) in [4.78, 5) is 0. The third-order valence-electron chi connectivity index (χ3n) is 3.56. The summed E-state index contributed by atoms with van der Waals surface area (Å²) in [5.41, 5.74) is 7.66. The lowest BCUT2D eigenvalue weighted by Gasteiger charge is -2.16. The van der Waals surface area contributed by atoms with Crippen molar-refractivity contribution in [2.75, 3.05) is 24.3 Å². The largest absolute Gasteiger partial charge is 0.493 e. The second kappa shape index (κ2) is 5.89. The number of nitrogens with two attached hydrogens (primary N) is 1. The maximum Gasteiger partial charge on any atom is 0.162 e. The predicted molar refractivity (Wildman–Crippen MR) is 86.0 cm³/mol. The average molecular weight is 305 g/mol. The number of aromatic nitrogens is 2. The molecular weight excluding hydrogens is 286 g/mol. The summed E-state index contributed by atoms with van der Waals surface area (Å²) in [6, 6.07) is 7.72. The van der Waals surface area contributed by atoms with Gasteiger partial charge < -0.3 is 15.2 Å². The highest BCUT2D eigenvalue weighted by Crippen LogP contribution is 2.35. The fourth-order valence-corrected chi connectivity index (χ4v) is 3.43. The minimum Gasteiger partial charge on any atom is -0.493 e. The number of methoxy groups -OCH3 is 1. The average Bonchev–Trinajstić information content (AvgIpc) is 3.10. The maximum atomic E-state index is 6.08. The first-order valence-corrected chi connectivity index (χ1v) is 8.05. The van der Waals surface area contributed by atoms with E-state index < -0.39 is 0 Å². The van der Waals surface area contributed by atoms with Crippen molar-refractivity contribution in [3.05, 3.63) is 24.3 Å². The van der Waals surface area contributed by atoms with Crippen molar-refractivity contribution < 1.29 is 9.47 Å². The van der Waals surface area contributed by atoms with Crippen LogP contribution in [0.3, 0.4) is 0 Å². The molecule has 0 spiro atoms. The van der Waals surface area contributed by atoms with Crippen LogP contribution in [0.5, 0.6) is 11.5 Å². The molecule has 0 radical (unpaired) electrons. The van der Waals surface area contributed by atoms with Crippen LogP contribution >= 0.6 is 11.8 Å². The van der Waals surface area contributed by atoms with Gasteiger partial charge in [0.2, 0.25) is 0 Å². The van der Waals surface area contributed by atoms with Gasteiger partial charge >= 0.3 is 0 Å². The molecule has 21 heavy (non-hydrogen) atoms. The van der Waals surface area contributed by atoms with E-state index >= 15 is 0 Å². The molecule has 2 aromatic rings. The lowest BCUT2D eigenvalue weighted by Crippen LogP contribution is -2.15. The number of anilines is 1. The van der Waals surface area contributed by atoms with Crippen LogP contribution in [0.25, 0.3) is 11.3 Å². The van der Waals surface area contributed by atoms with Gasteiger partial charge in [0.15, 0.2) is 11.5 Å². The summed E-state index contributed by atoms with van der Waals surface area (Å²) < 4.78 is 13.1. The molecule has 1 aromatic heterocycles. The molecule has 1 aliphatic rings. The number of thioether (sulfide) groups is 1. The maximum absolute atomic E-state index is 6.08. The normalized spacial score (nSPS) is 17.9. The van der Waals surface area contributed by atoms with E-state index in [1.165, 1.54) is 0 Å². The van der Waals surface area contributed by atoms with Crippen molar-refractivity contribution >= 4 is 17.6 Å². The molecule has 1 aliphatic heterocycles. The lowest BCUT2D eigenvalue weighted by molar-refractivity contribution is 0.218. The number of ether oxygens (including phenoxy) is 2. The molecule has 5 nitrogen and oxygen atoms in total. The van der Waals surface area contributed by atoms with Crippen LogP contribution in [-0.4, -0.2) is 34.5 Å². The van der Waals surface area contributed by atoms with Crippen molar-refractivity contribution in [3.8, 4) is 22.8 Å². The predicted octanol–water partition coefficient (Wildman–Crippen LogP) is 2.56. The number of aryl methyl sites for hydroxylation is 1. The molecule has 0 aliphatic carbocycles. The Morgan fingerprint density at radius 1 is 1.33 bits per heavy atom. The first-order valence-electron chi connectivity index (χ1n) is 6.89. The Balaban J connectivity index is 1.91. The molecule has 112 valence electrons. The summed E-state index contributed by atoms with van der Waals surface area (Å²) in [7, 11) is 3.49. The van der Waals surface area contributed by atoms with Gasteiger partial charge in [-0.15, -0.1) is 0 Å². The van der Waals surface area contributed by atoms with E-state index in [1.54, 1.807) is 11.8 Å². The van der Waals surface area contributed by atoms with Gasteiger partial charge in [-0.25, -0.2) is 0 Å². The van der Waals surface area contributed by atoms with Crippen LogP contribution in [-0.2, 0) is 7.05 Å². The second-order valence-corrected chi connectivity index (χ2v) is 6.20. The Hall–Kier alpha value is -1.82. The monoisotopic (exact) mass is 305 g/mol. The van der Waals surface area contributed by atoms with E-state index in [0.29, 0.717) is 5.82 Å². The van der Waals surface area contributed by atoms with Gasteiger partial charge in [0.1, 0.15) is 11.9 Å². The van der Waals surface area contributed by atoms with Gasteiger partial charge in [0.25, 0.3) is 0 Å². The zero-order valence-electron chi connectivity index (χ0n) is 12.2. The molecule has 1 atom stereocenters. The number of rotatable bonds is 4. The summed E-state index contributed by atoms with van der Waals surface area (Å²) in [6.07, 6.45) is 1.34. The first-order chi connectivity index (χ1) is 10.2. The molecule has 0 saturated carbocycles. The van der Waals surface area contributed by atoms with E-state index in [2.05, 4.69) is 5.10 Å². The quantitative estimate of drug-likeness (QED) is 0.940. The third-order valence-corrected chi connectivity index (χ3v) is 4.69. The van der Waals surface area contributed by atoms with Crippen LogP contribution in [0.1, 0.15) is 6.42 Å². The third kappa shape index (κ3) is 2.95. The van der Waals surface area contributed by atoms with Gasteiger partial charge in [0, 0.05) is 24.4 Å². The van der Waals surface area contributed by atoms with Crippen LogP contribution in [0.2, 0.25) is 0 Å². The Morgan fingerprint density at radius 3 is 2.81 bits per heavy atom. The molecule has 0 bridgehead atoms. The minimum absolute atomic E-state index is 0.257. The highest BCUT2D eigenvalue weighted by Gasteiger charge is 2.19. The minimum atomic E-state index is 0.257. The van der Waals surface area contributed by atoms with E-state index in [4.69, 9.17) is 15.2 Å². The molecule has 1 aromatic carbocycles. The van der Waals surface area contributed by atoms with E-state index in [9.17, 15) is 0 Å². The highest BCUT2D eigenvalue weighted by atomic mass is 32.2. The first kappa shape index (κ1) is 14.1. The Morgan fingerprint density at radius 2 is 2.19 bits per heavy atom. The van der Waals surface area contributed by atoms with Crippen LogP contribution in [0, 0.1) is 0 Å². The van der Waals surface area contributed by atoms with Gasteiger partial charge in [-0.2, -0.15) is 16.9 Å². The van der Waals surface area contributed by atoms with Gasteiger partial charge in [-0.3, -0.25) is 4.68 Å². The van der Waals surface area contributed by atoms with Crippen molar-refractivity contribution in [1.29, 1.82) is 0 Å². The second-order valence-electron chi connectivity index (χ2n) is 5.05. The number of nitrogen functional groups attached to an aromatic ring is 1. The van der Waals surface area contributed by atoms with Crippen molar-refractivity contribution in [2.45, 2.75) is 12.5 Å². The van der Waals surface area contributed by atoms with Crippen molar-refractivity contribution in [3.63, 3.8) is 0 Å². The van der Waals surface area contributed by atoms with Gasteiger partial charge in [0.05, 0.1) is 12.8 Å². The van der Waals surface area contributed by atoms with Gasteiger partial charge in [-0.1, -0.05) is 0 Å². The Labute approximate surface area is 128 Å². The zero-order valence-corrected chi connectivity index (χ0v) is 13.0. The Bertz CT molecular complexity index is 616. The van der Waals surface area contributed by atoms with Crippen LogP contribution in [0.4, 0.5) is 5.82 Å². The Kier molecular flexibility index (Phi) is 3.96. The molecular formula is C15H19N3O2S. The number of hydrogen-bond acceptors (Lipinski definition) is 5. The number of benzene rings is 1. The van der Waals surface area contributed by atoms with E-state index in [1.807, 2.05) is 43.1 Å².